The van der Waals surface area contributed by atoms with E-state index in [0.29, 0.717) is 23.7 Å². The monoisotopic (exact) mass is 411 g/mol. The van der Waals surface area contributed by atoms with Crippen LogP contribution in [0.25, 0.3) is 11.2 Å². The Balaban J connectivity index is 1.92. The molecule has 9 heteroatoms. The Hall–Kier alpha value is -3.36. The van der Waals surface area contributed by atoms with Crippen LogP contribution in [0.1, 0.15) is 24.5 Å². The zero-order valence-electron chi connectivity index (χ0n) is 17.6. The molecule has 0 spiro atoms. The first-order chi connectivity index (χ1) is 14.3. The lowest BCUT2D eigenvalue weighted by atomic mass is 10.1. The molecule has 0 fully saturated rings. The summed E-state index contributed by atoms with van der Waals surface area (Å²) in [6, 6.07) is 6.27. The van der Waals surface area contributed by atoms with Crippen LogP contribution < -0.4 is 16.1 Å². The average molecular weight is 411 g/mol. The van der Waals surface area contributed by atoms with Crippen molar-refractivity contribution in [3.63, 3.8) is 0 Å². The van der Waals surface area contributed by atoms with E-state index in [2.05, 4.69) is 28.1 Å². The molecular weight excluding hydrogens is 386 g/mol. The van der Waals surface area contributed by atoms with Gasteiger partial charge in [0.2, 0.25) is 5.95 Å². The third-order valence-electron chi connectivity index (χ3n) is 5.33. The molecule has 0 radical (unpaired) electrons. The molecule has 0 saturated carbocycles. The van der Waals surface area contributed by atoms with Crippen LogP contribution in [0.2, 0.25) is 0 Å². The Labute approximate surface area is 173 Å². The molecule has 3 heterocycles. The normalized spacial score (nSPS) is 13.5. The Bertz CT molecular complexity index is 1250. The van der Waals surface area contributed by atoms with E-state index in [9.17, 15) is 14.4 Å². The molecule has 1 aliphatic heterocycles. The number of benzene rings is 1. The van der Waals surface area contributed by atoms with E-state index in [-0.39, 0.29) is 6.61 Å². The van der Waals surface area contributed by atoms with Gasteiger partial charge in [-0.3, -0.25) is 14.2 Å². The van der Waals surface area contributed by atoms with E-state index in [1.807, 2.05) is 18.4 Å². The number of hydrogen-bond acceptors (Lipinski definition) is 6. The molecule has 4 rings (SSSR count). The van der Waals surface area contributed by atoms with Crippen molar-refractivity contribution in [2.75, 3.05) is 18.1 Å². The van der Waals surface area contributed by atoms with Crippen molar-refractivity contribution in [3.8, 4) is 0 Å². The molecule has 0 bridgehead atoms. The van der Waals surface area contributed by atoms with Crippen molar-refractivity contribution in [1.29, 1.82) is 0 Å². The van der Waals surface area contributed by atoms with Crippen molar-refractivity contribution in [2.24, 2.45) is 7.05 Å². The number of esters is 1. The quantitative estimate of drug-likeness (QED) is 0.606. The summed E-state index contributed by atoms with van der Waals surface area (Å²) in [4.78, 5) is 44.6. The summed E-state index contributed by atoms with van der Waals surface area (Å²) in [6.07, 6.45) is 0.825. The van der Waals surface area contributed by atoms with Gasteiger partial charge in [0.05, 0.1) is 6.61 Å². The Morgan fingerprint density at radius 3 is 2.50 bits per heavy atom. The van der Waals surface area contributed by atoms with Crippen molar-refractivity contribution in [3.05, 3.63) is 50.2 Å². The highest BCUT2D eigenvalue weighted by atomic mass is 16.5. The number of anilines is 2. The second-order valence-corrected chi connectivity index (χ2v) is 7.62. The summed E-state index contributed by atoms with van der Waals surface area (Å²) in [6.45, 7) is 6.90. The van der Waals surface area contributed by atoms with Crippen LogP contribution in [0.4, 0.5) is 11.6 Å². The number of aromatic nitrogens is 4. The molecule has 0 unspecified atom stereocenters. The first-order valence-corrected chi connectivity index (χ1v) is 10.0. The lowest BCUT2D eigenvalue weighted by Crippen LogP contribution is -2.41. The molecule has 3 aromatic rings. The second kappa shape index (κ2) is 7.47. The molecular formula is C21H25N5O4. The lowest BCUT2D eigenvalue weighted by molar-refractivity contribution is -0.143. The van der Waals surface area contributed by atoms with Gasteiger partial charge in [0.15, 0.2) is 11.2 Å². The standard InChI is InChI=1S/C21H25N5O4/c1-5-30-16(27)12-26-19(28)17-18(23(4)21(26)29)22-20-24(7-6-8-25(17)20)15-10-13(2)9-14(3)11-15/h9-11H,5-8,12H2,1-4H3. The number of imidazole rings is 1. The fraction of sp³-hybridized carbons (Fsp3) is 0.429. The maximum Gasteiger partial charge on any atom is 0.333 e. The predicted octanol–water partition coefficient (Wildman–Crippen LogP) is 1.62. The zero-order valence-corrected chi connectivity index (χ0v) is 17.6. The maximum absolute atomic E-state index is 13.2. The number of aryl methyl sites for hydroxylation is 4. The summed E-state index contributed by atoms with van der Waals surface area (Å²) < 4.78 is 9.01. The highest BCUT2D eigenvalue weighted by Gasteiger charge is 2.27. The van der Waals surface area contributed by atoms with Crippen LogP contribution in [0.15, 0.2) is 27.8 Å². The van der Waals surface area contributed by atoms with Gasteiger partial charge in [-0.25, -0.2) is 9.36 Å². The van der Waals surface area contributed by atoms with Gasteiger partial charge in [-0.15, -0.1) is 0 Å². The molecule has 0 aliphatic carbocycles. The topological polar surface area (TPSA) is 91.4 Å². The van der Waals surface area contributed by atoms with Crippen LogP contribution in [-0.2, 0) is 29.7 Å². The molecule has 0 amide bonds. The van der Waals surface area contributed by atoms with E-state index in [1.165, 1.54) is 4.57 Å². The number of carbonyl (C=O) groups is 1. The van der Waals surface area contributed by atoms with Crippen LogP contribution in [0.3, 0.4) is 0 Å². The summed E-state index contributed by atoms with van der Waals surface area (Å²) in [5.74, 6) is 0.00790. The number of rotatable bonds is 4. The number of nitrogens with zero attached hydrogens (tertiary/aromatic N) is 5. The fourth-order valence-corrected chi connectivity index (χ4v) is 4.09. The number of fused-ring (bicyclic) bond motifs is 3. The second-order valence-electron chi connectivity index (χ2n) is 7.62. The summed E-state index contributed by atoms with van der Waals surface area (Å²) >= 11 is 0. The third-order valence-corrected chi connectivity index (χ3v) is 5.33. The van der Waals surface area contributed by atoms with Crippen LogP contribution in [-0.4, -0.2) is 37.8 Å². The number of ether oxygens (including phenoxy) is 1. The minimum Gasteiger partial charge on any atom is -0.465 e. The minimum atomic E-state index is -0.619. The van der Waals surface area contributed by atoms with E-state index >= 15 is 0 Å². The van der Waals surface area contributed by atoms with Gasteiger partial charge in [-0.1, -0.05) is 6.07 Å². The van der Waals surface area contributed by atoms with Gasteiger partial charge < -0.3 is 14.2 Å². The lowest BCUT2D eigenvalue weighted by Gasteiger charge is -2.29. The SMILES string of the molecule is CCOC(=O)Cn1c(=O)c2c(nc3n2CCCN3c2cc(C)cc(C)c2)n(C)c1=O. The fourth-order valence-electron chi connectivity index (χ4n) is 4.09. The predicted molar refractivity (Wildman–Crippen MR) is 113 cm³/mol. The average Bonchev–Trinajstić information content (AvgIpc) is 3.09. The van der Waals surface area contributed by atoms with Crippen LogP contribution in [0.5, 0.6) is 0 Å². The zero-order chi connectivity index (χ0) is 21.6. The maximum atomic E-state index is 13.2. The van der Waals surface area contributed by atoms with Crippen LogP contribution >= 0.6 is 0 Å². The van der Waals surface area contributed by atoms with Crippen molar-refractivity contribution >= 4 is 28.8 Å². The number of hydrogen-bond donors (Lipinski definition) is 0. The van der Waals surface area contributed by atoms with Gasteiger partial charge in [0, 0.05) is 25.8 Å². The first-order valence-electron chi connectivity index (χ1n) is 10.0. The summed E-state index contributed by atoms with van der Waals surface area (Å²) in [5, 5.41) is 0. The van der Waals surface area contributed by atoms with E-state index in [0.717, 1.165) is 34.3 Å². The molecule has 30 heavy (non-hydrogen) atoms. The van der Waals surface area contributed by atoms with Gasteiger partial charge in [0.1, 0.15) is 6.54 Å². The third kappa shape index (κ3) is 3.20. The highest BCUT2D eigenvalue weighted by Crippen LogP contribution is 2.32. The first kappa shape index (κ1) is 19.9. The van der Waals surface area contributed by atoms with E-state index < -0.39 is 23.8 Å². The molecule has 0 N–H and O–H groups in total. The molecule has 1 aliphatic rings. The van der Waals surface area contributed by atoms with Crippen molar-refractivity contribution in [2.45, 2.75) is 40.3 Å². The van der Waals surface area contributed by atoms with E-state index in [1.54, 1.807) is 14.0 Å². The molecule has 158 valence electrons. The minimum absolute atomic E-state index is 0.184. The summed E-state index contributed by atoms with van der Waals surface area (Å²) in [7, 11) is 1.56. The Morgan fingerprint density at radius 1 is 1.13 bits per heavy atom. The largest absolute Gasteiger partial charge is 0.465 e. The van der Waals surface area contributed by atoms with E-state index in [4.69, 9.17) is 4.74 Å². The number of carbonyl (C=O) groups excluding carboxylic acids is 1. The highest BCUT2D eigenvalue weighted by molar-refractivity contribution is 5.77. The van der Waals surface area contributed by atoms with Gasteiger partial charge in [-0.2, -0.15) is 4.98 Å². The Morgan fingerprint density at radius 2 is 1.83 bits per heavy atom. The molecule has 1 aromatic carbocycles. The summed E-state index contributed by atoms with van der Waals surface area (Å²) in [5.41, 5.74) is 2.81. The Kier molecular flexibility index (Phi) is 4.97. The smallest absolute Gasteiger partial charge is 0.333 e. The van der Waals surface area contributed by atoms with Gasteiger partial charge >= 0.3 is 11.7 Å². The van der Waals surface area contributed by atoms with Gasteiger partial charge in [0.25, 0.3) is 5.56 Å². The molecule has 2 aromatic heterocycles. The molecule has 0 atom stereocenters. The molecule has 0 saturated heterocycles. The van der Waals surface area contributed by atoms with Gasteiger partial charge in [-0.05, 0) is 50.5 Å². The van der Waals surface area contributed by atoms with Crippen LogP contribution in [0, 0.1) is 13.8 Å². The van der Waals surface area contributed by atoms with Crippen molar-refractivity contribution in [1.82, 2.24) is 18.7 Å². The molecule has 9 nitrogen and oxygen atoms in total. The van der Waals surface area contributed by atoms with Crippen molar-refractivity contribution < 1.29 is 9.53 Å².